The molecule has 3 unspecified atom stereocenters. The first kappa shape index (κ1) is 30.5. The average molecular weight is 592 g/mol. The first-order valence-electron chi connectivity index (χ1n) is 13.6. The topological polar surface area (TPSA) is 117 Å². The number of nitrogen functional groups attached to an aromatic ring is 1. The molecule has 41 heavy (non-hydrogen) atoms. The molecule has 0 saturated carbocycles. The van der Waals surface area contributed by atoms with Gasteiger partial charge in [-0.2, -0.15) is 5.10 Å². The van der Waals surface area contributed by atoms with Crippen molar-refractivity contribution >= 4 is 27.4 Å². The molecule has 0 spiro atoms. The Morgan fingerprint density at radius 1 is 1.22 bits per heavy atom. The predicted octanol–water partition coefficient (Wildman–Crippen LogP) is 4.73. The van der Waals surface area contributed by atoms with Gasteiger partial charge in [-0.15, -0.1) is 0 Å². The molecule has 0 bridgehead atoms. The Labute approximate surface area is 239 Å². The van der Waals surface area contributed by atoms with Crippen molar-refractivity contribution in [1.82, 2.24) is 19.9 Å². The molecule has 13 heteroatoms. The Morgan fingerprint density at radius 2 is 1.98 bits per heavy atom. The number of alkyl halides is 1. The van der Waals surface area contributed by atoms with E-state index in [-0.39, 0.29) is 17.6 Å². The summed E-state index contributed by atoms with van der Waals surface area (Å²) >= 11 is 0. The fourth-order valence-electron chi connectivity index (χ4n) is 5.02. The predicted molar refractivity (Wildman–Crippen MR) is 155 cm³/mol. The molecule has 0 radical (unpaired) electrons. The van der Waals surface area contributed by atoms with Crippen LogP contribution in [0.2, 0.25) is 0 Å². The fraction of sp³-hybridized carbons (Fsp3) is 0.464. The molecule has 3 atom stereocenters. The van der Waals surface area contributed by atoms with Crippen molar-refractivity contribution in [3.8, 4) is 0 Å². The summed E-state index contributed by atoms with van der Waals surface area (Å²) in [7, 11) is -4.57. The molecular weight excluding hydrogens is 555 g/mol. The minimum absolute atomic E-state index is 0.00893. The number of rotatable bonds is 11. The standard InChI is InChI=1S/C28H36F3N7O2S/c1-5-37(17(2)3)14-12-18(4)38-16-21(23-11-13-33-28(32)34-23)27(35-38)20-7-6-8-24(26(20)31)36-41(39,40)25-15-19(29)9-10-22(25)30/h6-11,13,17-19,21,36H,5,12,14-16H2,1-4H3,(H2,32,33,34). The van der Waals surface area contributed by atoms with Crippen molar-refractivity contribution in [3.05, 3.63) is 70.4 Å². The SMILES string of the molecule is CCN(CCC(C)N1CC(c2ccnc(N)n2)C(c2cccc(NS(=O)(=O)C3=C(F)C=CC(F)C3)c2F)=N1)C(C)C. The van der Waals surface area contributed by atoms with Gasteiger partial charge in [0.05, 0.1) is 29.6 Å². The number of benzene rings is 1. The molecule has 222 valence electrons. The minimum Gasteiger partial charge on any atom is -0.368 e. The second kappa shape index (κ2) is 12.6. The lowest BCUT2D eigenvalue weighted by Crippen LogP contribution is -2.36. The zero-order valence-corrected chi connectivity index (χ0v) is 24.4. The van der Waals surface area contributed by atoms with E-state index in [9.17, 15) is 17.2 Å². The molecule has 1 aliphatic heterocycles. The fourth-order valence-corrected chi connectivity index (χ4v) is 6.29. The Kier molecular flexibility index (Phi) is 9.37. The van der Waals surface area contributed by atoms with Gasteiger partial charge in [-0.3, -0.25) is 9.73 Å². The van der Waals surface area contributed by atoms with Gasteiger partial charge in [0.2, 0.25) is 5.95 Å². The third-order valence-corrected chi connectivity index (χ3v) is 8.91. The normalized spacial score (nSPS) is 20.2. The molecule has 3 N–H and O–H groups in total. The molecular formula is C28H36F3N7O2S. The van der Waals surface area contributed by atoms with Gasteiger partial charge in [0.1, 0.15) is 16.9 Å². The van der Waals surface area contributed by atoms with Crippen molar-refractivity contribution in [3.63, 3.8) is 0 Å². The number of hydrogen-bond acceptors (Lipinski definition) is 8. The van der Waals surface area contributed by atoms with Crippen LogP contribution in [-0.2, 0) is 10.0 Å². The molecule has 2 aromatic rings. The van der Waals surface area contributed by atoms with Crippen LogP contribution in [0.4, 0.5) is 24.8 Å². The molecule has 1 aromatic heterocycles. The Hall–Kier alpha value is -3.45. The number of hydrogen-bond donors (Lipinski definition) is 2. The molecule has 1 aliphatic carbocycles. The largest absolute Gasteiger partial charge is 0.368 e. The maximum Gasteiger partial charge on any atom is 0.261 e. The van der Waals surface area contributed by atoms with Gasteiger partial charge < -0.3 is 10.6 Å². The molecule has 2 heterocycles. The van der Waals surface area contributed by atoms with E-state index >= 15 is 4.39 Å². The average Bonchev–Trinajstić information content (AvgIpc) is 3.36. The molecule has 0 saturated heterocycles. The summed E-state index contributed by atoms with van der Waals surface area (Å²) < 4.78 is 72.0. The van der Waals surface area contributed by atoms with Gasteiger partial charge in [-0.1, -0.05) is 13.0 Å². The number of allylic oxidation sites excluding steroid dienone is 4. The second-order valence-corrected chi connectivity index (χ2v) is 12.2. The number of sulfonamides is 1. The summed E-state index contributed by atoms with van der Waals surface area (Å²) in [6, 6.07) is 6.28. The number of anilines is 2. The van der Waals surface area contributed by atoms with Crippen LogP contribution in [0.1, 0.15) is 57.7 Å². The highest BCUT2D eigenvalue weighted by atomic mass is 32.2. The van der Waals surface area contributed by atoms with Crippen LogP contribution in [0.15, 0.2) is 58.4 Å². The zero-order valence-electron chi connectivity index (χ0n) is 23.6. The van der Waals surface area contributed by atoms with Crippen molar-refractivity contribution in [2.45, 2.75) is 64.7 Å². The third-order valence-electron chi connectivity index (χ3n) is 7.41. The van der Waals surface area contributed by atoms with Crippen molar-refractivity contribution in [2.75, 3.05) is 30.1 Å². The van der Waals surface area contributed by atoms with Crippen molar-refractivity contribution in [2.24, 2.45) is 5.10 Å². The van der Waals surface area contributed by atoms with E-state index in [1.54, 1.807) is 6.07 Å². The van der Waals surface area contributed by atoms with Crippen LogP contribution in [0, 0.1) is 5.82 Å². The summed E-state index contributed by atoms with van der Waals surface area (Å²) in [5, 5.41) is 6.68. The molecule has 2 aliphatic rings. The van der Waals surface area contributed by atoms with Crippen LogP contribution in [0.3, 0.4) is 0 Å². The highest BCUT2D eigenvalue weighted by Gasteiger charge is 2.35. The molecule has 4 rings (SSSR count). The molecule has 1 aromatic carbocycles. The number of nitrogens with zero attached hydrogens (tertiary/aromatic N) is 5. The maximum absolute atomic E-state index is 16.0. The smallest absolute Gasteiger partial charge is 0.261 e. The van der Waals surface area contributed by atoms with Crippen LogP contribution >= 0.6 is 0 Å². The maximum atomic E-state index is 16.0. The lowest BCUT2D eigenvalue weighted by Gasteiger charge is -2.29. The van der Waals surface area contributed by atoms with E-state index in [4.69, 9.17) is 10.8 Å². The monoisotopic (exact) mass is 591 g/mol. The first-order valence-corrected chi connectivity index (χ1v) is 15.1. The Morgan fingerprint density at radius 3 is 2.66 bits per heavy atom. The number of nitrogens with one attached hydrogen (secondary N) is 1. The molecule has 0 fully saturated rings. The summed E-state index contributed by atoms with van der Waals surface area (Å²) in [6.07, 6.45) is 1.68. The van der Waals surface area contributed by atoms with Crippen LogP contribution in [-0.4, -0.2) is 71.9 Å². The quantitative estimate of drug-likeness (QED) is 0.388. The van der Waals surface area contributed by atoms with E-state index in [1.807, 2.05) is 11.9 Å². The van der Waals surface area contributed by atoms with Gasteiger partial charge in [0.15, 0.2) is 5.82 Å². The van der Waals surface area contributed by atoms with Gasteiger partial charge >= 0.3 is 0 Å². The molecule has 0 amide bonds. The Bertz CT molecular complexity index is 1460. The number of nitrogens with two attached hydrogens (primary N) is 1. The minimum atomic E-state index is -4.57. The Balaban J connectivity index is 1.68. The van der Waals surface area contributed by atoms with Crippen LogP contribution in [0.25, 0.3) is 0 Å². The van der Waals surface area contributed by atoms with Crippen molar-refractivity contribution < 1.29 is 21.6 Å². The number of halogens is 3. The highest BCUT2D eigenvalue weighted by molar-refractivity contribution is 7.96. The molecule has 9 nitrogen and oxygen atoms in total. The van der Waals surface area contributed by atoms with Gasteiger partial charge in [0.25, 0.3) is 10.0 Å². The summed E-state index contributed by atoms with van der Waals surface area (Å²) in [4.78, 5) is 9.88. The lowest BCUT2D eigenvalue weighted by atomic mass is 9.93. The van der Waals surface area contributed by atoms with Gasteiger partial charge in [-0.05, 0) is 64.1 Å². The van der Waals surface area contributed by atoms with E-state index in [0.29, 0.717) is 24.0 Å². The zero-order chi connectivity index (χ0) is 29.9. The third kappa shape index (κ3) is 6.89. The van der Waals surface area contributed by atoms with Crippen LogP contribution in [0.5, 0.6) is 0 Å². The van der Waals surface area contributed by atoms with Crippen LogP contribution < -0.4 is 10.5 Å². The van der Waals surface area contributed by atoms with Gasteiger partial charge in [0, 0.05) is 36.8 Å². The number of aromatic nitrogens is 2. The van der Waals surface area contributed by atoms with E-state index in [1.165, 1.54) is 24.4 Å². The van der Waals surface area contributed by atoms with Gasteiger partial charge in [-0.25, -0.2) is 31.6 Å². The van der Waals surface area contributed by atoms with E-state index in [0.717, 1.165) is 31.7 Å². The first-order chi connectivity index (χ1) is 19.4. The summed E-state index contributed by atoms with van der Waals surface area (Å²) in [6.45, 7) is 10.6. The van der Waals surface area contributed by atoms with E-state index in [2.05, 4.69) is 40.4 Å². The second-order valence-electron chi connectivity index (χ2n) is 10.5. The highest BCUT2D eigenvalue weighted by Crippen LogP contribution is 2.34. The summed E-state index contributed by atoms with van der Waals surface area (Å²) in [5.74, 6) is -2.40. The lowest BCUT2D eigenvalue weighted by molar-refractivity contribution is 0.174. The number of hydrazone groups is 1. The van der Waals surface area contributed by atoms with E-state index < -0.39 is 50.8 Å². The van der Waals surface area contributed by atoms with Crippen molar-refractivity contribution in [1.29, 1.82) is 0 Å². The summed E-state index contributed by atoms with van der Waals surface area (Å²) in [5.41, 5.74) is 6.39.